The third-order valence-electron chi connectivity index (χ3n) is 3.44. The molecule has 0 saturated heterocycles. The number of alkyl halides is 3. The molecular weight excluding hydrogens is 343 g/mol. The fraction of sp³-hybridized carbons (Fsp3) is 0.125. The van der Waals surface area contributed by atoms with Crippen LogP contribution in [-0.2, 0) is 12.6 Å². The highest BCUT2D eigenvalue weighted by atomic mass is 79.9. The van der Waals surface area contributed by atoms with Crippen LogP contribution in [0, 0.1) is 0 Å². The number of fused-ring (bicyclic) bond motifs is 1. The first-order valence-corrected chi connectivity index (χ1v) is 7.15. The molecule has 1 aromatic heterocycles. The lowest BCUT2D eigenvalue weighted by Gasteiger charge is -2.09. The molecule has 0 fully saturated rings. The lowest BCUT2D eigenvalue weighted by Crippen LogP contribution is -2.04. The van der Waals surface area contributed by atoms with Gasteiger partial charge in [-0.2, -0.15) is 13.2 Å². The maximum Gasteiger partial charge on any atom is 0.416 e. The number of aromatic nitrogens is 1. The summed E-state index contributed by atoms with van der Waals surface area (Å²) in [5, 5.41) is 1.08. The molecule has 0 amide bonds. The summed E-state index contributed by atoms with van der Waals surface area (Å²) in [7, 11) is 0. The minimum absolute atomic E-state index is 0.566. The number of H-pyrrole nitrogens is 1. The van der Waals surface area contributed by atoms with Gasteiger partial charge in [0.25, 0.3) is 0 Å². The molecule has 3 aromatic rings. The van der Waals surface area contributed by atoms with Crippen LogP contribution in [-0.4, -0.2) is 4.98 Å². The first kappa shape index (κ1) is 14.2. The van der Waals surface area contributed by atoms with Crippen LogP contribution >= 0.6 is 15.9 Å². The molecule has 0 unspecified atom stereocenters. The Morgan fingerprint density at radius 2 is 1.67 bits per heavy atom. The highest BCUT2D eigenvalue weighted by Gasteiger charge is 2.29. The Balaban J connectivity index is 1.95. The van der Waals surface area contributed by atoms with E-state index in [2.05, 4.69) is 20.9 Å². The highest BCUT2D eigenvalue weighted by Crippen LogP contribution is 2.31. The van der Waals surface area contributed by atoms with Crippen molar-refractivity contribution in [2.24, 2.45) is 0 Å². The van der Waals surface area contributed by atoms with Gasteiger partial charge in [-0.3, -0.25) is 0 Å². The molecule has 21 heavy (non-hydrogen) atoms. The first-order valence-electron chi connectivity index (χ1n) is 6.36. The Bertz CT molecular complexity index is 772. The molecule has 0 atom stereocenters. The molecule has 0 aliphatic carbocycles. The summed E-state index contributed by atoms with van der Waals surface area (Å²) in [5.41, 5.74) is 2.26. The van der Waals surface area contributed by atoms with E-state index in [4.69, 9.17) is 0 Å². The maximum atomic E-state index is 12.6. The molecule has 0 saturated carbocycles. The van der Waals surface area contributed by atoms with Crippen molar-refractivity contribution >= 4 is 26.8 Å². The van der Waals surface area contributed by atoms with Crippen molar-refractivity contribution < 1.29 is 13.2 Å². The van der Waals surface area contributed by atoms with Gasteiger partial charge >= 0.3 is 6.18 Å². The fourth-order valence-electron chi connectivity index (χ4n) is 2.35. The number of halogens is 4. The Labute approximate surface area is 127 Å². The molecule has 108 valence electrons. The second-order valence-corrected chi connectivity index (χ2v) is 5.69. The highest BCUT2D eigenvalue weighted by molar-refractivity contribution is 9.10. The SMILES string of the molecule is FC(F)(F)c1ccc(Cc2c(Br)ccc3cc[nH]c23)cc1. The average molecular weight is 354 g/mol. The molecule has 0 aliphatic heterocycles. The molecule has 5 heteroatoms. The Kier molecular flexibility index (Phi) is 3.53. The lowest BCUT2D eigenvalue weighted by atomic mass is 10.0. The number of hydrogen-bond acceptors (Lipinski definition) is 0. The molecule has 0 aliphatic rings. The quantitative estimate of drug-likeness (QED) is 0.622. The Hall–Kier alpha value is -1.75. The number of rotatable bonds is 2. The Morgan fingerprint density at radius 1 is 0.952 bits per heavy atom. The van der Waals surface area contributed by atoms with Crippen LogP contribution < -0.4 is 0 Å². The smallest absolute Gasteiger partial charge is 0.361 e. The minimum Gasteiger partial charge on any atom is -0.361 e. The van der Waals surface area contributed by atoms with Crippen molar-refractivity contribution in [2.75, 3.05) is 0 Å². The van der Waals surface area contributed by atoms with Crippen LogP contribution in [0.1, 0.15) is 16.7 Å². The van der Waals surface area contributed by atoms with Crippen LogP contribution in [0.3, 0.4) is 0 Å². The van der Waals surface area contributed by atoms with Crippen LogP contribution in [0.2, 0.25) is 0 Å². The van der Waals surface area contributed by atoms with Crippen molar-refractivity contribution in [2.45, 2.75) is 12.6 Å². The van der Waals surface area contributed by atoms with E-state index in [0.717, 1.165) is 38.6 Å². The van der Waals surface area contributed by atoms with E-state index in [0.29, 0.717) is 6.42 Å². The van der Waals surface area contributed by atoms with Crippen LogP contribution in [0.5, 0.6) is 0 Å². The third kappa shape index (κ3) is 2.83. The van der Waals surface area contributed by atoms with E-state index >= 15 is 0 Å². The molecule has 2 aromatic carbocycles. The average Bonchev–Trinajstić information content (AvgIpc) is 2.90. The number of benzene rings is 2. The number of hydrogen-bond donors (Lipinski definition) is 1. The second kappa shape index (κ2) is 5.22. The van der Waals surface area contributed by atoms with Crippen LogP contribution in [0.25, 0.3) is 10.9 Å². The molecule has 0 radical (unpaired) electrons. The molecule has 0 bridgehead atoms. The zero-order chi connectivity index (χ0) is 15.0. The predicted molar refractivity (Wildman–Crippen MR) is 80.2 cm³/mol. The van der Waals surface area contributed by atoms with Gasteiger partial charge in [0.05, 0.1) is 11.1 Å². The van der Waals surface area contributed by atoms with Gasteiger partial charge in [0, 0.05) is 17.1 Å². The van der Waals surface area contributed by atoms with E-state index in [-0.39, 0.29) is 0 Å². The van der Waals surface area contributed by atoms with Gasteiger partial charge in [-0.1, -0.05) is 34.1 Å². The van der Waals surface area contributed by atoms with Crippen molar-refractivity contribution in [3.05, 3.63) is 69.8 Å². The van der Waals surface area contributed by atoms with Crippen molar-refractivity contribution in [1.82, 2.24) is 4.98 Å². The second-order valence-electron chi connectivity index (χ2n) is 4.84. The summed E-state index contributed by atoms with van der Waals surface area (Å²) in [6.45, 7) is 0. The summed E-state index contributed by atoms with van der Waals surface area (Å²) in [6.07, 6.45) is -1.87. The monoisotopic (exact) mass is 353 g/mol. The summed E-state index contributed by atoms with van der Waals surface area (Å²) in [6, 6.07) is 11.2. The van der Waals surface area contributed by atoms with E-state index in [1.165, 1.54) is 12.1 Å². The number of nitrogens with one attached hydrogen (secondary N) is 1. The van der Waals surface area contributed by atoms with Gasteiger partial charge in [0.2, 0.25) is 0 Å². The van der Waals surface area contributed by atoms with Gasteiger partial charge in [-0.05, 0) is 40.8 Å². The van der Waals surface area contributed by atoms with Crippen molar-refractivity contribution in [3.8, 4) is 0 Å². The maximum absolute atomic E-state index is 12.6. The van der Waals surface area contributed by atoms with Crippen LogP contribution in [0.15, 0.2) is 53.1 Å². The normalized spacial score (nSPS) is 12.0. The van der Waals surface area contributed by atoms with E-state index in [1.807, 2.05) is 24.4 Å². The van der Waals surface area contributed by atoms with Crippen molar-refractivity contribution in [3.63, 3.8) is 0 Å². The van der Waals surface area contributed by atoms with Gasteiger partial charge in [-0.25, -0.2) is 0 Å². The first-order chi connectivity index (χ1) is 9.95. The van der Waals surface area contributed by atoms with E-state index in [9.17, 15) is 13.2 Å². The predicted octanol–water partition coefficient (Wildman–Crippen LogP) is 5.54. The third-order valence-corrected chi connectivity index (χ3v) is 4.18. The number of aromatic amines is 1. The zero-order valence-corrected chi connectivity index (χ0v) is 12.4. The summed E-state index contributed by atoms with van der Waals surface area (Å²) in [5.74, 6) is 0. The van der Waals surface area contributed by atoms with Gasteiger partial charge in [0.15, 0.2) is 0 Å². The standard InChI is InChI=1S/C16H11BrF3N/c17-14-6-3-11-7-8-21-15(11)13(14)9-10-1-4-12(5-2-10)16(18,19)20/h1-8,21H,9H2. The van der Waals surface area contributed by atoms with Crippen LogP contribution in [0.4, 0.5) is 13.2 Å². The molecule has 1 N–H and O–H groups in total. The zero-order valence-electron chi connectivity index (χ0n) is 10.8. The molecule has 3 rings (SSSR count). The summed E-state index contributed by atoms with van der Waals surface area (Å²) < 4.78 is 38.6. The largest absolute Gasteiger partial charge is 0.416 e. The molecule has 1 nitrogen and oxygen atoms in total. The van der Waals surface area contributed by atoms with Gasteiger partial charge in [0.1, 0.15) is 0 Å². The minimum atomic E-state index is -4.29. The Morgan fingerprint density at radius 3 is 2.33 bits per heavy atom. The summed E-state index contributed by atoms with van der Waals surface area (Å²) in [4.78, 5) is 3.17. The fourth-order valence-corrected chi connectivity index (χ4v) is 2.82. The van der Waals surface area contributed by atoms with E-state index in [1.54, 1.807) is 0 Å². The topological polar surface area (TPSA) is 15.8 Å². The molecule has 0 spiro atoms. The van der Waals surface area contributed by atoms with Gasteiger partial charge < -0.3 is 4.98 Å². The van der Waals surface area contributed by atoms with Crippen molar-refractivity contribution in [1.29, 1.82) is 0 Å². The van der Waals surface area contributed by atoms with E-state index < -0.39 is 11.7 Å². The summed E-state index contributed by atoms with van der Waals surface area (Å²) >= 11 is 3.51. The van der Waals surface area contributed by atoms with Gasteiger partial charge in [-0.15, -0.1) is 0 Å². The lowest BCUT2D eigenvalue weighted by molar-refractivity contribution is -0.137. The molecular formula is C16H11BrF3N. The molecule has 1 heterocycles.